The molecule has 0 fully saturated rings. The molecular formula is C47H83O9P. The van der Waals surface area contributed by atoms with Gasteiger partial charge in [0.25, 0.3) is 0 Å². The molecule has 0 saturated carbocycles. The minimum absolute atomic E-state index is 0.0755. The van der Waals surface area contributed by atoms with Gasteiger partial charge in [0.1, 0.15) is 6.61 Å². The van der Waals surface area contributed by atoms with Crippen LogP contribution in [0, 0.1) is 0 Å². The van der Waals surface area contributed by atoms with Gasteiger partial charge in [0.2, 0.25) is 0 Å². The molecule has 0 heterocycles. The van der Waals surface area contributed by atoms with Crippen molar-refractivity contribution in [2.24, 2.45) is 0 Å². The standard InChI is InChI=1S/C47H83O9P/c1-3-5-7-9-11-13-14-15-16-17-18-19-20-21-22-23-24-26-28-32-36-40-46(49)54-42-45(43-55-57(51,52)53)56-47(50)41-37-33-29-31-35-39-44(48)38-34-30-27-25-12-10-8-6-4-2/h12,15-16,25,29-31,34-35,39,44-45,48H,3-11,13-14,17-24,26-28,32-33,36-38,40-43H2,1-2H3,(H2,51,52,53)/b16-15-,25-12-,31-29+,34-30-,39-35-/t44?,45-/m1/s1. The van der Waals surface area contributed by atoms with Gasteiger partial charge in [-0.1, -0.05) is 177 Å². The number of carbonyl (C=O) groups excluding carboxylic acids is 2. The number of aliphatic hydroxyl groups excluding tert-OH is 1. The molecule has 0 aliphatic carbocycles. The molecule has 1 unspecified atom stereocenters. The van der Waals surface area contributed by atoms with E-state index in [-0.39, 0.29) is 19.4 Å². The number of esters is 2. The lowest BCUT2D eigenvalue weighted by Gasteiger charge is -2.18. The zero-order valence-electron chi connectivity index (χ0n) is 36.1. The van der Waals surface area contributed by atoms with Crippen LogP contribution in [0.25, 0.3) is 0 Å². The molecular weight excluding hydrogens is 739 g/mol. The number of hydrogen-bond acceptors (Lipinski definition) is 7. The van der Waals surface area contributed by atoms with Crippen LogP contribution in [0.1, 0.15) is 200 Å². The number of phosphoric acid groups is 1. The molecule has 0 rings (SSSR count). The average molecular weight is 823 g/mol. The summed E-state index contributed by atoms with van der Waals surface area (Å²) >= 11 is 0. The lowest BCUT2D eigenvalue weighted by atomic mass is 10.0. The molecule has 2 atom stereocenters. The molecule has 57 heavy (non-hydrogen) atoms. The smallest absolute Gasteiger partial charge is 0.462 e. The normalized spacial score (nSPS) is 13.6. The summed E-state index contributed by atoms with van der Waals surface area (Å²) in [4.78, 5) is 42.9. The van der Waals surface area contributed by atoms with E-state index in [1.165, 1.54) is 116 Å². The topological polar surface area (TPSA) is 140 Å². The van der Waals surface area contributed by atoms with Gasteiger partial charge < -0.3 is 24.4 Å². The molecule has 10 heteroatoms. The van der Waals surface area contributed by atoms with Crippen LogP contribution in [-0.2, 0) is 28.2 Å². The van der Waals surface area contributed by atoms with E-state index < -0.39 is 38.6 Å². The predicted molar refractivity (Wildman–Crippen MR) is 236 cm³/mol. The fourth-order valence-corrected chi connectivity index (χ4v) is 6.51. The number of hydrogen-bond donors (Lipinski definition) is 3. The molecule has 0 saturated heterocycles. The van der Waals surface area contributed by atoms with E-state index in [9.17, 15) is 19.3 Å². The molecule has 0 aliphatic heterocycles. The molecule has 9 nitrogen and oxygen atoms in total. The molecule has 0 bridgehead atoms. The second-order valence-electron chi connectivity index (χ2n) is 15.2. The van der Waals surface area contributed by atoms with E-state index in [1.807, 2.05) is 18.2 Å². The van der Waals surface area contributed by atoms with Gasteiger partial charge in [0, 0.05) is 12.8 Å². The van der Waals surface area contributed by atoms with Gasteiger partial charge in [-0.15, -0.1) is 0 Å². The lowest BCUT2D eigenvalue weighted by Crippen LogP contribution is -2.29. The molecule has 0 aromatic rings. The summed E-state index contributed by atoms with van der Waals surface area (Å²) in [5.41, 5.74) is 0. The van der Waals surface area contributed by atoms with Crippen molar-refractivity contribution in [2.45, 2.75) is 212 Å². The van der Waals surface area contributed by atoms with Gasteiger partial charge in [-0.25, -0.2) is 4.57 Å². The van der Waals surface area contributed by atoms with Gasteiger partial charge in [-0.3, -0.25) is 14.1 Å². The number of carbonyl (C=O) groups is 2. The first-order valence-corrected chi connectivity index (χ1v) is 24.2. The zero-order chi connectivity index (χ0) is 41.9. The maximum atomic E-state index is 12.4. The molecule has 0 spiro atoms. The van der Waals surface area contributed by atoms with Crippen molar-refractivity contribution in [1.29, 1.82) is 0 Å². The second-order valence-corrected chi connectivity index (χ2v) is 16.5. The molecule has 330 valence electrons. The van der Waals surface area contributed by atoms with Gasteiger partial charge >= 0.3 is 19.8 Å². The third-order valence-electron chi connectivity index (χ3n) is 9.59. The number of unbranched alkanes of at least 4 members (excludes halogenated alkanes) is 21. The molecule has 0 radical (unpaired) electrons. The van der Waals surface area contributed by atoms with Crippen LogP contribution < -0.4 is 0 Å². The molecule has 0 aromatic carbocycles. The largest absolute Gasteiger partial charge is 0.469 e. The van der Waals surface area contributed by atoms with Crippen molar-refractivity contribution in [1.82, 2.24) is 0 Å². The van der Waals surface area contributed by atoms with Crippen molar-refractivity contribution >= 4 is 19.8 Å². The van der Waals surface area contributed by atoms with Crippen LogP contribution in [0.3, 0.4) is 0 Å². The van der Waals surface area contributed by atoms with E-state index in [2.05, 4.69) is 48.8 Å². The van der Waals surface area contributed by atoms with Crippen LogP contribution in [0.15, 0.2) is 60.8 Å². The zero-order valence-corrected chi connectivity index (χ0v) is 37.0. The fraction of sp³-hybridized carbons (Fsp3) is 0.745. The first-order chi connectivity index (χ1) is 27.7. The Balaban J connectivity index is 4.02. The minimum atomic E-state index is -4.80. The maximum absolute atomic E-state index is 12.4. The van der Waals surface area contributed by atoms with Crippen LogP contribution >= 0.6 is 7.82 Å². The number of phosphoric ester groups is 1. The number of aliphatic hydroxyl groups is 1. The summed E-state index contributed by atoms with van der Waals surface area (Å²) in [6, 6.07) is 0. The Kier molecular flexibility index (Phi) is 40.2. The summed E-state index contributed by atoms with van der Waals surface area (Å²) in [7, 11) is -4.80. The first-order valence-electron chi connectivity index (χ1n) is 22.7. The van der Waals surface area contributed by atoms with Gasteiger partial charge in [-0.2, -0.15) is 0 Å². The summed E-state index contributed by atoms with van der Waals surface area (Å²) in [6.45, 7) is 3.54. The number of ether oxygens (including phenoxy) is 2. The van der Waals surface area contributed by atoms with Gasteiger partial charge in [0.05, 0.1) is 12.7 Å². The Morgan fingerprint density at radius 3 is 1.61 bits per heavy atom. The average Bonchev–Trinajstić information content (AvgIpc) is 3.18. The summed E-state index contributed by atoms with van der Waals surface area (Å²) in [6.07, 6.45) is 49.7. The maximum Gasteiger partial charge on any atom is 0.469 e. The van der Waals surface area contributed by atoms with Crippen LogP contribution in [0.4, 0.5) is 0 Å². The third kappa shape index (κ3) is 44.7. The predicted octanol–water partition coefficient (Wildman–Crippen LogP) is 13.0. The van der Waals surface area contributed by atoms with E-state index in [0.717, 1.165) is 32.1 Å². The number of allylic oxidation sites excluding steroid dienone is 8. The van der Waals surface area contributed by atoms with Crippen molar-refractivity contribution in [2.75, 3.05) is 13.2 Å². The van der Waals surface area contributed by atoms with Gasteiger partial charge in [0.15, 0.2) is 6.10 Å². The number of rotatable bonds is 41. The van der Waals surface area contributed by atoms with E-state index >= 15 is 0 Å². The Morgan fingerprint density at radius 2 is 1.02 bits per heavy atom. The Morgan fingerprint density at radius 1 is 0.544 bits per heavy atom. The summed E-state index contributed by atoms with van der Waals surface area (Å²) in [5.74, 6) is -1.01. The Hall–Kier alpha value is -2.29. The van der Waals surface area contributed by atoms with Crippen LogP contribution in [0.5, 0.6) is 0 Å². The minimum Gasteiger partial charge on any atom is -0.462 e. The first kappa shape index (κ1) is 54.7. The highest BCUT2D eigenvalue weighted by Crippen LogP contribution is 2.36. The molecule has 3 N–H and O–H groups in total. The lowest BCUT2D eigenvalue weighted by molar-refractivity contribution is -0.161. The van der Waals surface area contributed by atoms with E-state index in [4.69, 9.17) is 19.3 Å². The van der Waals surface area contributed by atoms with Crippen molar-refractivity contribution < 1.29 is 43.0 Å². The van der Waals surface area contributed by atoms with E-state index in [0.29, 0.717) is 25.7 Å². The Labute approximate surface area is 348 Å². The highest BCUT2D eigenvalue weighted by atomic mass is 31.2. The van der Waals surface area contributed by atoms with Crippen molar-refractivity contribution in [3.05, 3.63) is 60.8 Å². The van der Waals surface area contributed by atoms with Crippen LogP contribution in [0.2, 0.25) is 0 Å². The molecule has 0 amide bonds. The van der Waals surface area contributed by atoms with Crippen LogP contribution in [-0.4, -0.2) is 52.3 Å². The van der Waals surface area contributed by atoms with E-state index in [1.54, 1.807) is 12.2 Å². The monoisotopic (exact) mass is 823 g/mol. The van der Waals surface area contributed by atoms with Crippen molar-refractivity contribution in [3.8, 4) is 0 Å². The highest BCUT2D eigenvalue weighted by molar-refractivity contribution is 7.46. The highest BCUT2D eigenvalue weighted by Gasteiger charge is 2.22. The van der Waals surface area contributed by atoms with Gasteiger partial charge in [-0.05, 0) is 70.6 Å². The third-order valence-corrected chi connectivity index (χ3v) is 10.1. The molecule has 0 aliphatic rings. The Bertz CT molecular complexity index is 1120. The molecule has 0 aromatic heterocycles. The summed E-state index contributed by atoms with van der Waals surface area (Å²) < 4.78 is 26.3. The fourth-order valence-electron chi connectivity index (χ4n) is 6.15. The van der Waals surface area contributed by atoms with Crippen molar-refractivity contribution in [3.63, 3.8) is 0 Å². The second kappa shape index (κ2) is 41.9. The SMILES string of the molecule is CCCCC/C=C\C/C=C\CC(O)/C=C\C=C\CCCC(=O)O[C@H](COC(=O)CCCCCCCCCCCCC/C=C\CCCCCCCC)COP(=O)(O)O. The summed E-state index contributed by atoms with van der Waals surface area (Å²) in [5, 5.41) is 10.1. The quantitative estimate of drug-likeness (QED) is 0.0181.